The fraction of sp³-hybridized carbons (Fsp3) is 0.0476. The van der Waals surface area contributed by atoms with Gasteiger partial charge in [-0.05, 0) is 35.7 Å². The number of aromatic carboxylic acids is 1. The van der Waals surface area contributed by atoms with E-state index in [0.29, 0.717) is 16.7 Å². The molecule has 4 heteroatoms. The number of aryl methyl sites for hydroxylation is 1. The Balaban J connectivity index is 2.04. The topological polar surface area (TPSA) is 69.2 Å². The summed E-state index contributed by atoms with van der Waals surface area (Å²) in [6, 6.07) is 20.9. The summed E-state index contributed by atoms with van der Waals surface area (Å²) in [6.45, 7) is 1.91. The second-order valence-electron chi connectivity index (χ2n) is 5.65. The first kappa shape index (κ1) is 16.5. The van der Waals surface area contributed by atoms with Crippen molar-refractivity contribution in [3.63, 3.8) is 0 Å². The van der Waals surface area contributed by atoms with E-state index < -0.39 is 5.97 Å². The molecule has 0 radical (unpaired) electrons. The molecular weight excluding hydrogens is 314 g/mol. The molecule has 124 valence electrons. The van der Waals surface area contributed by atoms with Crippen LogP contribution in [0.5, 0.6) is 0 Å². The van der Waals surface area contributed by atoms with Gasteiger partial charge in [-0.15, -0.1) is 0 Å². The molecule has 0 atom stereocenters. The van der Waals surface area contributed by atoms with Crippen LogP contribution in [0.4, 0.5) is 5.69 Å². The lowest BCUT2D eigenvalue weighted by Gasteiger charge is -2.15. The highest BCUT2D eigenvalue weighted by atomic mass is 16.4. The summed E-state index contributed by atoms with van der Waals surface area (Å²) in [5.41, 5.74) is 3.13. The summed E-state index contributed by atoms with van der Waals surface area (Å²) < 4.78 is 0. The van der Waals surface area contributed by atoms with E-state index in [4.69, 9.17) is 0 Å². The van der Waals surface area contributed by atoms with Crippen molar-refractivity contribution in [2.45, 2.75) is 6.92 Å². The Morgan fingerprint density at radius 2 is 1.28 bits per heavy atom. The maximum atomic E-state index is 12.8. The zero-order valence-corrected chi connectivity index (χ0v) is 13.7. The molecule has 1 N–H and O–H groups in total. The van der Waals surface area contributed by atoms with Crippen molar-refractivity contribution in [2.24, 2.45) is 0 Å². The van der Waals surface area contributed by atoms with Crippen molar-refractivity contribution >= 4 is 17.6 Å². The number of carbonyl (C=O) groups excluding carboxylic acids is 2. The molecule has 25 heavy (non-hydrogen) atoms. The van der Waals surface area contributed by atoms with Gasteiger partial charge in [-0.2, -0.15) is 0 Å². The lowest BCUT2D eigenvalue weighted by molar-refractivity contribution is -0.254. The van der Waals surface area contributed by atoms with Gasteiger partial charge in [-0.25, -0.2) is 0 Å². The van der Waals surface area contributed by atoms with Crippen LogP contribution in [0.3, 0.4) is 0 Å². The van der Waals surface area contributed by atoms with E-state index in [2.05, 4.69) is 5.32 Å². The monoisotopic (exact) mass is 330 g/mol. The first-order valence-electron chi connectivity index (χ1n) is 7.84. The molecule has 1 amide bonds. The van der Waals surface area contributed by atoms with Crippen molar-refractivity contribution in [1.82, 2.24) is 0 Å². The Hall–Kier alpha value is -3.40. The van der Waals surface area contributed by atoms with Crippen molar-refractivity contribution in [1.29, 1.82) is 0 Å². The molecule has 3 aromatic rings. The van der Waals surface area contributed by atoms with Crippen LogP contribution in [0.15, 0.2) is 72.8 Å². The van der Waals surface area contributed by atoms with Crippen molar-refractivity contribution < 1.29 is 14.7 Å². The predicted octanol–water partition coefficient (Wildman–Crippen LogP) is 3.28. The Morgan fingerprint density at radius 1 is 0.760 bits per heavy atom. The Labute approximate surface area is 145 Å². The van der Waals surface area contributed by atoms with Crippen LogP contribution in [0.1, 0.15) is 26.3 Å². The molecule has 0 aliphatic carbocycles. The third kappa shape index (κ3) is 3.43. The lowest BCUT2D eigenvalue weighted by atomic mass is 9.95. The van der Waals surface area contributed by atoms with E-state index in [1.807, 2.05) is 31.2 Å². The van der Waals surface area contributed by atoms with Gasteiger partial charge in [0.1, 0.15) is 0 Å². The molecule has 0 aliphatic heterocycles. The summed E-state index contributed by atoms with van der Waals surface area (Å²) in [7, 11) is 0. The maximum absolute atomic E-state index is 12.8. The molecule has 0 aliphatic rings. The SMILES string of the molecule is Cc1ccccc1NC(=O)c1ccccc1-c1ccccc1C(=O)[O-]. The quantitative estimate of drug-likeness (QED) is 0.798. The summed E-state index contributed by atoms with van der Waals surface area (Å²) in [5, 5.41) is 14.3. The van der Waals surface area contributed by atoms with E-state index >= 15 is 0 Å². The Morgan fingerprint density at radius 3 is 1.92 bits per heavy atom. The molecule has 0 spiro atoms. The van der Waals surface area contributed by atoms with Crippen LogP contribution in [-0.4, -0.2) is 11.9 Å². The highest BCUT2D eigenvalue weighted by Gasteiger charge is 2.15. The number of hydrogen-bond acceptors (Lipinski definition) is 3. The van der Waals surface area contributed by atoms with E-state index in [0.717, 1.165) is 11.3 Å². The number of carboxylic acids is 1. The zero-order valence-electron chi connectivity index (χ0n) is 13.7. The second-order valence-corrected chi connectivity index (χ2v) is 5.65. The van der Waals surface area contributed by atoms with Gasteiger partial charge in [-0.1, -0.05) is 60.7 Å². The van der Waals surface area contributed by atoms with Gasteiger partial charge in [0.15, 0.2) is 0 Å². The van der Waals surface area contributed by atoms with Crippen LogP contribution in [0.25, 0.3) is 11.1 Å². The highest BCUT2D eigenvalue weighted by Crippen LogP contribution is 2.28. The minimum Gasteiger partial charge on any atom is -0.545 e. The number of nitrogens with one attached hydrogen (secondary N) is 1. The number of anilines is 1. The van der Waals surface area contributed by atoms with Crippen LogP contribution in [-0.2, 0) is 0 Å². The first-order chi connectivity index (χ1) is 12.1. The van der Waals surface area contributed by atoms with Gasteiger partial charge in [0.05, 0.1) is 5.97 Å². The predicted molar refractivity (Wildman–Crippen MR) is 95.3 cm³/mol. The third-order valence-electron chi connectivity index (χ3n) is 4.00. The summed E-state index contributed by atoms with van der Waals surface area (Å²) in [5.74, 6) is -1.57. The smallest absolute Gasteiger partial charge is 0.256 e. The van der Waals surface area contributed by atoms with Crippen molar-refractivity contribution in [2.75, 3.05) is 5.32 Å². The molecular formula is C21H16NO3-. The fourth-order valence-corrected chi connectivity index (χ4v) is 2.71. The Bertz CT molecular complexity index is 947. The highest BCUT2D eigenvalue weighted by molar-refractivity contribution is 6.10. The fourth-order valence-electron chi connectivity index (χ4n) is 2.71. The molecule has 3 aromatic carbocycles. The van der Waals surface area contributed by atoms with Crippen LogP contribution < -0.4 is 10.4 Å². The lowest BCUT2D eigenvalue weighted by Crippen LogP contribution is -2.23. The standard InChI is InChI=1S/C21H17NO3/c1-14-8-2-7-13-19(14)22-20(23)17-11-5-3-9-15(17)16-10-4-6-12-18(16)21(24)25/h2-13H,1H3,(H,22,23)(H,24,25)/p-1. The minimum atomic E-state index is -1.27. The van der Waals surface area contributed by atoms with Gasteiger partial charge in [0.2, 0.25) is 0 Å². The molecule has 3 rings (SSSR count). The average Bonchev–Trinajstić information content (AvgIpc) is 2.63. The number of hydrogen-bond donors (Lipinski definition) is 1. The maximum Gasteiger partial charge on any atom is 0.256 e. The van der Waals surface area contributed by atoms with Crippen molar-refractivity contribution in [3.8, 4) is 11.1 Å². The molecule has 0 saturated carbocycles. The second kappa shape index (κ2) is 7.01. The van der Waals surface area contributed by atoms with Gasteiger partial charge < -0.3 is 15.2 Å². The summed E-state index contributed by atoms with van der Waals surface area (Å²) in [4.78, 5) is 24.2. The Kier molecular flexibility index (Phi) is 4.61. The van der Waals surface area contributed by atoms with E-state index in [-0.39, 0.29) is 11.5 Å². The van der Waals surface area contributed by atoms with Crippen molar-refractivity contribution in [3.05, 3.63) is 89.5 Å². The van der Waals surface area contributed by atoms with Gasteiger partial charge in [0, 0.05) is 16.8 Å². The normalized spacial score (nSPS) is 10.3. The minimum absolute atomic E-state index is 0.0543. The molecule has 0 aromatic heterocycles. The van der Waals surface area contributed by atoms with Crippen LogP contribution in [0.2, 0.25) is 0 Å². The van der Waals surface area contributed by atoms with Crippen LogP contribution >= 0.6 is 0 Å². The van der Waals surface area contributed by atoms with Gasteiger partial charge in [-0.3, -0.25) is 4.79 Å². The number of carbonyl (C=O) groups is 2. The zero-order chi connectivity index (χ0) is 17.8. The van der Waals surface area contributed by atoms with E-state index in [1.54, 1.807) is 42.5 Å². The molecule has 0 bridgehead atoms. The number of benzene rings is 3. The van der Waals surface area contributed by atoms with Gasteiger partial charge in [0.25, 0.3) is 5.91 Å². The summed E-state index contributed by atoms with van der Waals surface area (Å²) in [6.07, 6.45) is 0. The summed E-state index contributed by atoms with van der Waals surface area (Å²) >= 11 is 0. The number of carboxylic acid groups (broad SMARTS) is 1. The molecule has 0 saturated heterocycles. The van der Waals surface area contributed by atoms with E-state index in [1.165, 1.54) is 6.07 Å². The molecule has 0 heterocycles. The largest absolute Gasteiger partial charge is 0.545 e. The van der Waals surface area contributed by atoms with Gasteiger partial charge >= 0.3 is 0 Å². The molecule has 0 fully saturated rings. The number of rotatable bonds is 4. The van der Waals surface area contributed by atoms with E-state index in [9.17, 15) is 14.7 Å². The molecule has 0 unspecified atom stereocenters. The number of amides is 1. The number of para-hydroxylation sites is 1. The molecule has 4 nitrogen and oxygen atoms in total. The average molecular weight is 330 g/mol. The first-order valence-corrected chi connectivity index (χ1v) is 7.84. The third-order valence-corrected chi connectivity index (χ3v) is 4.00. The van der Waals surface area contributed by atoms with Crippen LogP contribution in [0, 0.1) is 6.92 Å².